The average molecular weight is 357 g/mol. The van der Waals surface area contributed by atoms with E-state index in [9.17, 15) is 4.79 Å². The van der Waals surface area contributed by atoms with Crippen LogP contribution in [0.2, 0.25) is 15.1 Å². The van der Waals surface area contributed by atoms with Crippen molar-refractivity contribution in [2.24, 2.45) is 0 Å². The molecule has 114 valence electrons. The number of ether oxygens (including phenoxy) is 1. The maximum absolute atomic E-state index is 12.0. The van der Waals surface area contributed by atoms with Crippen molar-refractivity contribution in [2.75, 3.05) is 12.4 Å². The topological polar surface area (TPSA) is 38.3 Å². The summed E-state index contributed by atoms with van der Waals surface area (Å²) in [6.07, 6.45) is 2.89. The van der Waals surface area contributed by atoms with Crippen LogP contribution in [0.1, 0.15) is 5.56 Å². The third-order valence-corrected chi connectivity index (χ3v) is 3.71. The summed E-state index contributed by atoms with van der Waals surface area (Å²) in [5, 5.41) is 4.12. The van der Waals surface area contributed by atoms with Crippen molar-refractivity contribution in [3.8, 4) is 5.75 Å². The van der Waals surface area contributed by atoms with Crippen molar-refractivity contribution in [1.82, 2.24) is 0 Å². The van der Waals surface area contributed by atoms with Crippen molar-refractivity contribution in [3.63, 3.8) is 0 Å². The first-order valence-electron chi connectivity index (χ1n) is 6.28. The molecule has 0 aliphatic carbocycles. The second kappa shape index (κ2) is 7.54. The molecule has 0 fully saturated rings. The largest absolute Gasteiger partial charge is 0.495 e. The van der Waals surface area contributed by atoms with Gasteiger partial charge in [-0.25, -0.2) is 0 Å². The molecule has 0 aliphatic heterocycles. The van der Waals surface area contributed by atoms with Crippen molar-refractivity contribution >= 4 is 52.5 Å². The van der Waals surface area contributed by atoms with E-state index in [1.165, 1.54) is 13.2 Å². The van der Waals surface area contributed by atoms with Crippen LogP contribution >= 0.6 is 34.8 Å². The number of anilines is 1. The van der Waals surface area contributed by atoms with E-state index >= 15 is 0 Å². The van der Waals surface area contributed by atoms with E-state index in [0.717, 1.165) is 0 Å². The third kappa shape index (κ3) is 4.17. The summed E-state index contributed by atoms with van der Waals surface area (Å²) in [6.45, 7) is 0. The number of nitrogens with one attached hydrogen (secondary N) is 1. The monoisotopic (exact) mass is 355 g/mol. The van der Waals surface area contributed by atoms with Gasteiger partial charge in [0, 0.05) is 26.7 Å². The lowest BCUT2D eigenvalue weighted by Gasteiger charge is -2.09. The first kappa shape index (κ1) is 16.7. The molecule has 0 aromatic heterocycles. The van der Waals surface area contributed by atoms with E-state index in [-0.39, 0.29) is 5.91 Å². The molecule has 2 aromatic carbocycles. The molecule has 0 unspecified atom stereocenters. The van der Waals surface area contributed by atoms with Gasteiger partial charge in [0.15, 0.2) is 0 Å². The van der Waals surface area contributed by atoms with Crippen LogP contribution < -0.4 is 10.1 Å². The standard InChI is InChI=1S/C16H12Cl3NO2/c1-22-15-7-5-10(17)9-14(15)20-16(21)8-6-11-12(18)3-2-4-13(11)19/h2-9H,1H3,(H,20,21). The predicted molar refractivity (Wildman–Crippen MR) is 92.1 cm³/mol. The molecule has 1 N–H and O–H groups in total. The lowest BCUT2D eigenvalue weighted by Crippen LogP contribution is -2.08. The maximum atomic E-state index is 12.0. The van der Waals surface area contributed by atoms with Crippen molar-refractivity contribution < 1.29 is 9.53 Å². The molecule has 0 atom stereocenters. The number of carbonyl (C=O) groups is 1. The van der Waals surface area contributed by atoms with Crippen molar-refractivity contribution in [1.29, 1.82) is 0 Å². The van der Waals surface area contributed by atoms with Gasteiger partial charge in [-0.05, 0) is 36.4 Å². The predicted octanol–water partition coefficient (Wildman–Crippen LogP) is 5.31. The maximum Gasteiger partial charge on any atom is 0.248 e. The molecule has 0 saturated heterocycles. The molecule has 6 heteroatoms. The number of benzene rings is 2. The molecule has 3 nitrogen and oxygen atoms in total. The molecule has 0 radical (unpaired) electrons. The average Bonchev–Trinajstić information content (AvgIpc) is 2.47. The van der Waals surface area contributed by atoms with E-state index in [2.05, 4.69) is 5.32 Å². The number of halogens is 3. The molecule has 0 saturated carbocycles. The van der Waals surface area contributed by atoms with Crippen LogP contribution in [0.3, 0.4) is 0 Å². The minimum absolute atomic E-state index is 0.350. The van der Waals surface area contributed by atoms with Crippen molar-refractivity contribution in [3.05, 3.63) is 63.1 Å². The number of amides is 1. The Balaban J connectivity index is 2.17. The summed E-state index contributed by atoms with van der Waals surface area (Å²) in [5.74, 6) is 0.165. The van der Waals surface area contributed by atoms with Crippen LogP contribution in [0.4, 0.5) is 5.69 Å². The summed E-state index contributed by atoms with van der Waals surface area (Å²) in [4.78, 5) is 12.0. The van der Waals surface area contributed by atoms with Gasteiger partial charge < -0.3 is 10.1 Å². The Morgan fingerprint density at radius 1 is 1.14 bits per heavy atom. The summed E-state index contributed by atoms with van der Waals surface area (Å²) in [7, 11) is 1.51. The fourth-order valence-corrected chi connectivity index (χ4v) is 2.48. The number of hydrogen-bond donors (Lipinski definition) is 1. The third-order valence-electron chi connectivity index (χ3n) is 2.82. The van der Waals surface area contributed by atoms with Gasteiger partial charge in [0.1, 0.15) is 5.75 Å². The summed E-state index contributed by atoms with van der Waals surface area (Å²) in [6, 6.07) is 10.1. The zero-order valence-corrected chi connectivity index (χ0v) is 13.8. The zero-order chi connectivity index (χ0) is 16.1. The Morgan fingerprint density at radius 3 is 2.45 bits per heavy atom. The van der Waals surface area contributed by atoms with Gasteiger partial charge in [0.05, 0.1) is 12.8 Å². The second-order valence-electron chi connectivity index (χ2n) is 4.30. The Labute approximate surface area is 143 Å². The number of carbonyl (C=O) groups excluding carboxylic acids is 1. The minimum Gasteiger partial charge on any atom is -0.495 e. The van der Waals surface area contributed by atoms with Crippen LogP contribution in [0.5, 0.6) is 5.75 Å². The van der Waals surface area contributed by atoms with Crippen molar-refractivity contribution in [2.45, 2.75) is 0 Å². The zero-order valence-electron chi connectivity index (χ0n) is 11.6. The van der Waals surface area contributed by atoms with Crippen LogP contribution in [-0.4, -0.2) is 13.0 Å². The Hall–Kier alpha value is -1.68. The fraction of sp³-hybridized carbons (Fsp3) is 0.0625. The van der Waals surface area contributed by atoms with Gasteiger partial charge >= 0.3 is 0 Å². The molecular weight excluding hydrogens is 345 g/mol. The number of methoxy groups -OCH3 is 1. The molecule has 0 heterocycles. The molecule has 2 aromatic rings. The quantitative estimate of drug-likeness (QED) is 0.754. The van der Waals surface area contributed by atoms with Gasteiger partial charge in [-0.15, -0.1) is 0 Å². The number of hydrogen-bond acceptors (Lipinski definition) is 2. The van der Waals surface area contributed by atoms with Crippen LogP contribution in [0.25, 0.3) is 6.08 Å². The smallest absolute Gasteiger partial charge is 0.248 e. The molecule has 1 amide bonds. The molecule has 0 aliphatic rings. The van der Waals surface area contributed by atoms with E-state index in [1.807, 2.05) is 0 Å². The second-order valence-corrected chi connectivity index (χ2v) is 5.55. The minimum atomic E-state index is -0.350. The highest BCUT2D eigenvalue weighted by molar-refractivity contribution is 6.37. The van der Waals surface area contributed by atoms with E-state index in [1.54, 1.807) is 42.5 Å². The lowest BCUT2D eigenvalue weighted by atomic mass is 10.2. The Morgan fingerprint density at radius 2 is 1.82 bits per heavy atom. The van der Waals surface area contributed by atoms with Crippen LogP contribution in [0, 0.1) is 0 Å². The van der Waals surface area contributed by atoms with Crippen LogP contribution in [0.15, 0.2) is 42.5 Å². The Bertz CT molecular complexity index is 709. The SMILES string of the molecule is COc1ccc(Cl)cc1NC(=O)C=Cc1c(Cl)cccc1Cl. The summed E-state index contributed by atoms with van der Waals surface area (Å²) in [5.41, 5.74) is 1.06. The van der Waals surface area contributed by atoms with Crippen LogP contribution in [-0.2, 0) is 4.79 Å². The number of rotatable bonds is 4. The summed E-state index contributed by atoms with van der Waals surface area (Å²) >= 11 is 18.0. The fourth-order valence-electron chi connectivity index (χ4n) is 1.78. The molecule has 22 heavy (non-hydrogen) atoms. The molecular formula is C16H12Cl3NO2. The van der Waals surface area contributed by atoms with Gasteiger partial charge in [-0.1, -0.05) is 40.9 Å². The van der Waals surface area contributed by atoms with Gasteiger partial charge in [0.25, 0.3) is 0 Å². The van der Waals surface area contributed by atoms with Gasteiger partial charge in [-0.2, -0.15) is 0 Å². The highest BCUT2D eigenvalue weighted by atomic mass is 35.5. The van der Waals surface area contributed by atoms with Gasteiger partial charge in [0.2, 0.25) is 5.91 Å². The first-order valence-corrected chi connectivity index (χ1v) is 7.41. The van der Waals surface area contributed by atoms with E-state index < -0.39 is 0 Å². The molecule has 0 bridgehead atoms. The van der Waals surface area contributed by atoms with E-state index in [4.69, 9.17) is 39.5 Å². The highest BCUT2D eigenvalue weighted by Crippen LogP contribution is 2.28. The highest BCUT2D eigenvalue weighted by Gasteiger charge is 2.07. The lowest BCUT2D eigenvalue weighted by molar-refractivity contribution is -0.111. The van der Waals surface area contributed by atoms with Gasteiger partial charge in [-0.3, -0.25) is 4.79 Å². The van der Waals surface area contributed by atoms with E-state index in [0.29, 0.717) is 32.1 Å². The Kier molecular flexibility index (Phi) is 5.72. The molecule has 0 spiro atoms. The first-order chi connectivity index (χ1) is 10.5. The normalized spacial score (nSPS) is 10.7. The molecule has 2 rings (SSSR count). The summed E-state index contributed by atoms with van der Waals surface area (Å²) < 4.78 is 5.16.